The Kier molecular flexibility index (Phi) is 4.20. The van der Waals surface area contributed by atoms with Gasteiger partial charge in [-0.15, -0.1) is 0 Å². The number of hydrogen-bond donors (Lipinski definition) is 2. The lowest BCUT2D eigenvalue weighted by Crippen LogP contribution is -2.18. The van der Waals surface area contributed by atoms with Gasteiger partial charge in [0.05, 0.1) is 0 Å². The van der Waals surface area contributed by atoms with Gasteiger partial charge in [0.2, 0.25) is 5.91 Å². The monoisotopic (exact) mass is 190 g/mol. The average molecular weight is 190 g/mol. The van der Waals surface area contributed by atoms with Gasteiger partial charge >= 0.3 is 0 Å². The first-order chi connectivity index (χ1) is 6.76. The fourth-order valence-corrected chi connectivity index (χ4v) is 1.19. The van der Waals surface area contributed by atoms with Crippen LogP contribution in [0.3, 0.4) is 0 Å². The summed E-state index contributed by atoms with van der Waals surface area (Å²) in [6.45, 7) is 1.98. The number of hydrogen-bond acceptors (Lipinski definition) is 2. The third-order valence-electron chi connectivity index (χ3n) is 2.08. The largest absolute Gasteiger partial charge is 0.289 e. The maximum Gasteiger partial charge on any atom is 0.243 e. The van der Waals surface area contributed by atoms with Crippen molar-refractivity contribution in [1.82, 2.24) is 5.48 Å². The molecular weight excluding hydrogens is 177 g/mol. The van der Waals surface area contributed by atoms with Crippen molar-refractivity contribution in [2.75, 3.05) is 0 Å². The summed E-state index contributed by atoms with van der Waals surface area (Å²) in [6, 6.07) is 7.98. The number of hydroxylamine groups is 1. The molecule has 0 atom stereocenters. The van der Waals surface area contributed by atoms with Crippen LogP contribution >= 0.6 is 0 Å². The van der Waals surface area contributed by atoms with Gasteiger partial charge in [-0.3, -0.25) is 10.0 Å². The van der Waals surface area contributed by atoms with Crippen molar-refractivity contribution in [2.45, 2.75) is 19.7 Å². The van der Waals surface area contributed by atoms with Crippen LogP contribution in [0, 0.1) is 0 Å². The molecule has 1 aromatic carbocycles. The molecule has 0 aliphatic rings. The molecule has 0 fully saturated rings. The van der Waals surface area contributed by atoms with Crippen LogP contribution in [0.25, 0.3) is 0 Å². The van der Waals surface area contributed by atoms with Crippen molar-refractivity contribution in [1.29, 1.82) is 0 Å². The minimum atomic E-state index is -0.351. The zero-order valence-corrected chi connectivity index (χ0v) is 8.16. The molecule has 0 unspecified atom stereocenters. The van der Waals surface area contributed by atoms with Crippen LogP contribution in [0.2, 0.25) is 6.82 Å². The van der Waals surface area contributed by atoms with E-state index in [4.69, 9.17) is 5.21 Å². The average Bonchev–Trinajstić information content (AvgIpc) is 2.26. The van der Waals surface area contributed by atoms with Gasteiger partial charge in [-0.2, -0.15) is 0 Å². The van der Waals surface area contributed by atoms with E-state index < -0.39 is 0 Å². The van der Waals surface area contributed by atoms with Gasteiger partial charge < -0.3 is 0 Å². The highest BCUT2D eigenvalue weighted by Crippen LogP contribution is 2.00. The van der Waals surface area contributed by atoms with E-state index in [1.807, 2.05) is 38.4 Å². The minimum Gasteiger partial charge on any atom is -0.289 e. The molecule has 0 saturated carbocycles. The number of carbonyl (C=O) groups is 1. The number of carbonyl (C=O) groups excluding carboxylic acids is 1. The molecule has 0 aliphatic carbocycles. The Labute approximate surface area is 84.3 Å². The van der Waals surface area contributed by atoms with Crippen LogP contribution in [0.15, 0.2) is 24.3 Å². The molecule has 1 amide bonds. The highest BCUT2D eigenvalue weighted by Gasteiger charge is 2.00. The summed E-state index contributed by atoms with van der Waals surface area (Å²) >= 11 is 0. The van der Waals surface area contributed by atoms with Crippen LogP contribution in [0.1, 0.15) is 12.0 Å². The molecule has 1 radical (unpaired) electrons. The number of nitrogens with one attached hydrogen (secondary N) is 1. The molecule has 14 heavy (non-hydrogen) atoms. The summed E-state index contributed by atoms with van der Waals surface area (Å²) in [5.41, 5.74) is 3.88. The molecule has 0 saturated heterocycles. The summed E-state index contributed by atoms with van der Waals surface area (Å²) in [4.78, 5) is 10.7. The minimum absolute atomic E-state index is 0.311. The van der Waals surface area contributed by atoms with Gasteiger partial charge in [-0.05, 0) is 12.0 Å². The number of amides is 1. The maximum atomic E-state index is 10.7. The summed E-state index contributed by atoms with van der Waals surface area (Å²) in [5, 5.41) is 8.29. The Bertz CT molecular complexity index is 297. The number of aryl methyl sites for hydroxylation is 1. The first-order valence-electron chi connectivity index (χ1n) is 4.57. The zero-order valence-electron chi connectivity index (χ0n) is 8.16. The van der Waals surface area contributed by atoms with Gasteiger partial charge in [0.1, 0.15) is 7.28 Å². The second-order valence-electron chi connectivity index (χ2n) is 3.07. The van der Waals surface area contributed by atoms with E-state index in [1.165, 1.54) is 5.46 Å². The molecule has 2 N–H and O–H groups in total. The lowest BCUT2D eigenvalue weighted by Gasteiger charge is -2.01. The van der Waals surface area contributed by atoms with E-state index in [-0.39, 0.29) is 5.91 Å². The van der Waals surface area contributed by atoms with Crippen LogP contribution in [-0.4, -0.2) is 18.4 Å². The molecule has 0 bridgehead atoms. The quantitative estimate of drug-likeness (QED) is 0.412. The van der Waals surface area contributed by atoms with Crippen LogP contribution in [0.5, 0.6) is 0 Å². The van der Waals surface area contributed by atoms with E-state index in [0.29, 0.717) is 12.8 Å². The lowest BCUT2D eigenvalue weighted by molar-refractivity contribution is -0.129. The molecular formula is C10H13BNO2. The van der Waals surface area contributed by atoms with E-state index in [9.17, 15) is 4.79 Å². The predicted molar refractivity (Wildman–Crippen MR) is 55.9 cm³/mol. The molecule has 0 spiro atoms. The third kappa shape index (κ3) is 3.22. The number of rotatable bonds is 4. The maximum absolute atomic E-state index is 10.7. The Morgan fingerprint density at radius 2 is 2.07 bits per heavy atom. The van der Waals surface area contributed by atoms with E-state index in [2.05, 4.69) is 0 Å². The standard InChI is InChI=1S/C10H13BNO2/c1-11-9-5-2-8(3-6-9)4-7-10(13)12-14/h2-3,5-6,14H,4,7H2,1H3,(H,12,13). The Morgan fingerprint density at radius 1 is 1.43 bits per heavy atom. The summed E-state index contributed by atoms with van der Waals surface area (Å²) in [6.07, 6.45) is 0.960. The molecule has 0 aromatic heterocycles. The Morgan fingerprint density at radius 3 is 2.57 bits per heavy atom. The zero-order chi connectivity index (χ0) is 10.4. The smallest absolute Gasteiger partial charge is 0.243 e. The highest BCUT2D eigenvalue weighted by atomic mass is 16.5. The van der Waals surface area contributed by atoms with Crippen LogP contribution in [-0.2, 0) is 11.2 Å². The van der Waals surface area contributed by atoms with Crippen molar-refractivity contribution in [3.63, 3.8) is 0 Å². The van der Waals surface area contributed by atoms with Gasteiger partial charge in [-0.1, -0.05) is 36.6 Å². The molecule has 0 heterocycles. The van der Waals surface area contributed by atoms with Gasteiger partial charge in [0, 0.05) is 6.42 Å². The first-order valence-corrected chi connectivity index (χ1v) is 4.57. The second kappa shape index (κ2) is 5.45. The van der Waals surface area contributed by atoms with Crippen molar-refractivity contribution >= 4 is 18.6 Å². The molecule has 1 rings (SSSR count). The van der Waals surface area contributed by atoms with Gasteiger partial charge in [-0.25, -0.2) is 5.48 Å². The molecule has 73 valence electrons. The molecule has 1 aromatic rings. The van der Waals surface area contributed by atoms with Gasteiger partial charge in [0.15, 0.2) is 0 Å². The highest BCUT2D eigenvalue weighted by molar-refractivity contribution is 6.51. The summed E-state index contributed by atoms with van der Waals surface area (Å²) in [5.74, 6) is -0.351. The van der Waals surface area contributed by atoms with Crippen molar-refractivity contribution < 1.29 is 10.0 Å². The van der Waals surface area contributed by atoms with Crippen molar-refractivity contribution in [2.24, 2.45) is 0 Å². The van der Waals surface area contributed by atoms with E-state index in [0.717, 1.165) is 5.56 Å². The normalized spacial score (nSPS) is 9.57. The fraction of sp³-hybridized carbons (Fsp3) is 0.300. The van der Waals surface area contributed by atoms with E-state index >= 15 is 0 Å². The van der Waals surface area contributed by atoms with Gasteiger partial charge in [0.25, 0.3) is 0 Å². The number of benzene rings is 1. The predicted octanol–water partition coefficient (Wildman–Crippen LogP) is 0.502. The lowest BCUT2D eigenvalue weighted by atomic mass is 9.73. The molecule has 0 aliphatic heterocycles. The first kappa shape index (κ1) is 10.8. The molecule has 4 heteroatoms. The third-order valence-corrected chi connectivity index (χ3v) is 2.08. The van der Waals surface area contributed by atoms with Crippen LogP contribution < -0.4 is 10.9 Å². The molecule has 3 nitrogen and oxygen atoms in total. The van der Waals surface area contributed by atoms with Crippen LogP contribution in [0.4, 0.5) is 0 Å². The Balaban J connectivity index is 2.47. The summed E-state index contributed by atoms with van der Waals surface area (Å²) in [7, 11) is 2.02. The van der Waals surface area contributed by atoms with Crippen molar-refractivity contribution in [3.8, 4) is 0 Å². The second-order valence-corrected chi connectivity index (χ2v) is 3.07. The summed E-state index contributed by atoms with van der Waals surface area (Å²) < 4.78 is 0. The topological polar surface area (TPSA) is 49.3 Å². The fourth-order valence-electron chi connectivity index (χ4n) is 1.19. The van der Waals surface area contributed by atoms with E-state index in [1.54, 1.807) is 5.48 Å². The SMILES string of the molecule is C[B]c1ccc(CCC(=O)NO)cc1. The Hall–Kier alpha value is -1.29. The van der Waals surface area contributed by atoms with Crippen molar-refractivity contribution in [3.05, 3.63) is 29.8 Å².